The lowest BCUT2D eigenvalue weighted by Gasteiger charge is -2.26. The van der Waals surface area contributed by atoms with E-state index < -0.39 is 16.1 Å². The van der Waals surface area contributed by atoms with Gasteiger partial charge in [-0.1, -0.05) is 18.0 Å². The van der Waals surface area contributed by atoms with Crippen molar-refractivity contribution in [2.24, 2.45) is 0 Å². The summed E-state index contributed by atoms with van der Waals surface area (Å²) < 4.78 is 33.4. The highest BCUT2D eigenvalue weighted by molar-refractivity contribution is 7.89. The van der Waals surface area contributed by atoms with E-state index in [1.54, 1.807) is 39.5 Å². The number of carbonyl (C=O) groups excluding carboxylic acids is 1. The van der Waals surface area contributed by atoms with E-state index in [0.717, 1.165) is 36.1 Å². The van der Waals surface area contributed by atoms with E-state index in [9.17, 15) is 13.2 Å². The van der Waals surface area contributed by atoms with E-state index in [1.165, 1.54) is 0 Å². The summed E-state index contributed by atoms with van der Waals surface area (Å²) in [5.74, 6) is 0.591. The molecule has 8 heteroatoms. The fourth-order valence-electron chi connectivity index (χ4n) is 4.55. The third-order valence-electron chi connectivity index (χ3n) is 6.14. The fraction of sp³-hybridized carbons (Fsp3) is 0.409. The zero-order chi connectivity index (χ0) is 20.9. The lowest BCUT2D eigenvalue weighted by atomic mass is 10.1. The van der Waals surface area contributed by atoms with E-state index in [1.807, 2.05) is 6.07 Å². The Balaban J connectivity index is 1.36. The average molecular weight is 447 g/mol. The quantitative estimate of drug-likeness (QED) is 0.724. The van der Waals surface area contributed by atoms with E-state index in [0.29, 0.717) is 48.1 Å². The third kappa shape index (κ3) is 3.39. The van der Waals surface area contributed by atoms with Gasteiger partial charge in [0.05, 0.1) is 4.90 Å². The maximum Gasteiger partial charge on any atom is 0.268 e. The van der Waals surface area contributed by atoms with Crippen molar-refractivity contribution in [3.05, 3.63) is 52.5 Å². The molecule has 1 saturated heterocycles. The minimum absolute atomic E-state index is 0.104. The first-order chi connectivity index (χ1) is 14.4. The topological polar surface area (TPSA) is 66.9 Å². The number of sulfonamides is 1. The molecular weight excluding hydrogens is 424 g/mol. The summed E-state index contributed by atoms with van der Waals surface area (Å²) in [6.07, 6.45) is 3.43. The van der Waals surface area contributed by atoms with Gasteiger partial charge in [-0.05, 0) is 66.8 Å². The monoisotopic (exact) mass is 446 g/mol. The lowest BCUT2D eigenvalue weighted by molar-refractivity contribution is -0.124. The molecule has 1 atom stereocenters. The van der Waals surface area contributed by atoms with Crippen LogP contribution in [-0.2, 0) is 27.7 Å². The first-order valence-electron chi connectivity index (χ1n) is 10.3. The van der Waals surface area contributed by atoms with Crippen LogP contribution >= 0.6 is 11.6 Å². The van der Waals surface area contributed by atoms with Crippen molar-refractivity contribution in [2.45, 2.75) is 43.1 Å². The molecule has 1 fully saturated rings. The van der Waals surface area contributed by atoms with Gasteiger partial charge in [0.25, 0.3) is 5.91 Å². The van der Waals surface area contributed by atoms with Crippen LogP contribution in [-0.4, -0.2) is 44.4 Å². The van der Waals surface area contributed by atoms with Crippen LogP contribution in [0, 0.1) is 0 Å². The summed E-state index contributed by atoms with van der Waals surface area (Å²) in [5, 5.41) is 0.624. The predicted molar refractivity (Wildman–Crippen MR) is 115 cm³/mol. The minimum atomic E-state index is -3.48. The first-order valence-corrected chi connectivity index (χ1v) is 12.1. The molecule has 3 aliphatic heterocycles. The highest BCUT2D eigenvalue weighted by Crippen LogP contribution is 2.36. The van der Waals surface area contributed by atoms with Crippen LogP contribution in [0.1, 0.15) is 30.4 Å². The summed E-state index contributed by atoms with van der Waals surface area (Å²) >= 11 is 6.05. The van der Waals surface area contributed by atoms with Gasteiger partial charge in [-0.15, -0.1) is 0 Å². The molecule has 158 valence electrons. The number of ether oxygens (including phenoxy) is 1. The van der Waals surface area contributed by atoms with Crippen LogP contribution in [0.15, 0.2) is 41.3 Å². The molecule has 0 aromatic heterocycles. The standard InChI is InChI=1S/C22H23ClN2O4S/c23-17-4-7-20-16(12-17)14-21(29-20)22(26)25-11-8-15-13-18(5-6-19(15)25)30(27,28)24-9-2-1-3-10-24/h4-7,12-13,21H,1-3,8-11,14H2. The molecule has 0 saturated carbocycles. The van der Waals surface area contributed by atoms with E-state index >= 15 is 0 Å². The SMILES string of the molecule is O=C(C1Cc2cc(Cl)ccc2O1)N1CCc2cc(S(=O)(=O)N3CCCCC3)ccc21. The molecule has 0 radical (unpaired) electrons. The molecule has 0 aliphatic carbocycles. The molecule has 3 aliphatic rings. The number of hydrogen-bond donors (Lipinski definition) is 0. The number of benzene rings is 2. The van der Waals surface area contributed by atoms with E-state index in [4.69, 9.17) is 16.3 Å². The maximum absolute atomic E-state index is 13.1. The molecule has 30 heavy (non-hydrogen) atoms. The molecule has 5 rings (SSSR count). The van der Waals surface area contributed by atoms with Crippen LogP contribution in [0.4, 0.5) is 5.69 Å². The molecule has 0 bridgehead atoms. The van der Waals surface area contributed by atoms with Crippen molar-refractivity contribution < 1.29 is 17.9 Å². The lowest BCUT2D eigenvalue weighted by Crippen LogP contribution is -2.40. The Bertz CT molecular complexity index is 1110. The van der Waals surface area contributed by atoms with Crippen molar-refractivity contribution in [3.8, 4) is 5.75 Å². The number of hydrogen-bond acceptors (Lipinski definition) is 4. The Morgan fingerprint density at radius 3 is 2.60 bits per heavy atom. The summed E-state index contributed by atoms with van der Waals surface area (Å²) in [4.78, 5) is 15.2. The molecule has 1 unspecified atom stereocenters. The zero-order valence-corrected chi connectivity index (χ0v) is 18.1. The zero-order valence-electron chi connectivity index (χ0n) is 16.5. The third-order valence-corrected chi connectivity index (χ3v) is 8.27. The van der Waals surface area contributed by atoms with Gasteiger partial charge >= 0.3 is 0 Å². The predicted octanol–water partition coefficient (Wildman–Crippen LogP) is 3.41. The summed E-state index contributed by atoms with van der Waals surface area (Å²) in [6, 6.07) is 10.5. The van der Waals surface area contributed by atoms with Gasteiger partial charge < -0.3 is 9.64 Å². The average Bonchev–Trinajstić information content (AvgIpc) is 3.37. The van der Waals surface area contributed by atoms with Crippen molar-refractivity contribution in [3.63, 3.8) is 0 Å². The van der Waals surface area contributed by atoms with E-state index in [-0.39, 0.29) is 5.91 Å². The van der Waals surface area contributed by atoms with Gasteiger partial charge in [0.15, 0.2) is 6.10 Å². The van der Waals surface area contributed by atoms with Crippen LogP contribution in [0.2, 0.25) is 5.02 Å². The van der Waals surface area contributed by atoms with Gasteiger partial charge in [0.2, 0.25) is 10.0 Å². The molecule has 6 nitrogen and oxygen atoms in total. The Hall–Kier alpha value is -2.09. The molecule has 2 aromatic carbocycles. The Labute approximate surface area is 181 Å². The largest absolute Gasteiger partial charge is 0.480 e. The number of piperidine rings is 1. The Morgan fingerprint density at radius 1 is 1.00 bits per heavy atom. The van der Waals surface area contributed by atoms with Gasteiger partial charge in [-0.3, -0.25) is 4.79 Å². The molecule has 0 spiro atoms. The van der Waals surface area contributed by atoms with Crippen LogP contribution in [0.25, 0.3) is 0 Å². The molecule has 0 N–H and O–H groups in total. The van der Waals surface area contributed by atoms with Crippen molar-refractivity contribution in [2.75, 3.05) is 24.5 Å². The first kappa shape index (κ1) is 19.8. The van der Waals surface area contributed by atoms with Crippen molar-refractivity contribution >= 4 is 33.2 Å². The van der Waals surface area contributed by atoms with Crippen molar-refractivity contribution in [1.82, 2.24) is 4.31 Å². The number of halogens is 1. The number of nitrogens with zero attached hydrogens (tertiary/aromatic N) is 2. The van der Waals surface area contributed by atoms with E-state index in [2.05, 4.69) is 0 Å². The van der Waals surface area contributed by atoms with Crippen LogP contribution in [0.3, 0.4) is 0 Å². The Morgan fingerprint density at radius 2 is 1.80 bits per heavy atom. The number of anilines is 1. The molecular formula is C22H23ClN2O4S. The highest BCUT2D eigenvalue weighted by atomic mass is 35.5. The number of carbonyl (C=O) groups is 1. The summed E-state index contributed by atoms with van der Waals surface area (Å²) in [5.41, 5.74) is 2.60. The van der Waals surface area contributed by atoms with Gasteiger partial charge in [-0.2, -0.15) is 4.31 Å². The van der Waals surface area contributed by atoms with Crippen LogP contribution < -0.4 is 9.64 Å². The van der Waals surface area contributed by atoms with Gasteiger partial charge in [-0.25, -0.2) is 8.42 Å². The number of rotatable bonds is 3. The maximum atomic E-state index is 13.1. The van der Waals surface area contributed by atoms with Crippen molar-refractivity contribution in [1.29, 1.82) is 0 Å². The number of fused-ring (bicyclic) bond motifs is 2. The van der Waals surface area contributed by atoms with Gasteiger partial charge in [0.1, 0.15) is 5.75 Å². The van der Waals surface area contributed by atoms with Crippen LogP contribution in [0.5, 0.6) is 5.75 Å². The second kappa shape index (κ2) is 7.55. The summed E-state index contributed by atoms with van der Waals surface area (Å²) in [6.45, 7) is 1.68. The smallest absolute Gasteiger partial charge is 0.268 e. The fourth-order valence-corrected chi connectivity index (χ4v) is 6.31. The Kier molecular flexibility index (Phi) is 5.00. The second-order valence-electron chi connectivity index (χ2n) is 8.06. The molecule has 3 heterocycles. The highest BCUT2D eigenvalue weighted by Gasteiger charge is 2.36. The second-order valence-corrected chi connectivity index (χ2v) is 10.4. The van der Waals surface area contributed by atoms with Gasteiger partial charge in [0, 0.05) is 36.8 Å². The minimum Gasteiger partial charge on any atom is -0.480 e. The molecule has 2 aromatic rings. The number of amides is 1. The summed E-state index contributed by atoms with van der Waals surface area (Å²) in [7, 11) is -3.48. The normalized spacial score (nSPS) is 21.2. The molecule has 1 amide bonds.